The zero-order chi connectivity index (χ0) is 34.4. The van der Waals surface area contributed by atoms with Crippen molar-refractivity contribution in [1.29, 1.82) is 0 Å². The van der Waals surface area contributed by atoms with Crippen molar-refractivity contribution in [1.82, 2.24) is 15.6 Å². The lowest BCUT2D eigenvalue weighted by Gasteiger charge is -2.19. The number of thiophene rings is 1. The first-order chi connectivity index (χ1) is 23.2. The second kappa shape index (κ2) is 15.2. The van der Waals surface area contributed by atoms with Gasteiger partial charge in [-0.2, -0.15) is 0 Å². The summed E-state index contributed by atoms with van der Waals surface area (Å²) in [7, 11) is 1.22. The Kier molecular flexibility index (Phi) is 10.9. The summed E-state index contributed by atoms with van der Waals surface area (Å²) in [5.74, 6) is -1.54. The van der Waals surface area contributed by atoms with Crippen LogP contribution in [0.5, 0.6) is 5.75 Å². The largest absolute Gasteiger partial charge is 0.493 e. The SMILES string of the molecule is CCCNC(=O)c1ccc(-c2cc3c(cc2C(=O)Nc2c(C)cc(CN)cc2C(=O)NCCC)-c2sccc2CCO3)c(C(=O)OC)n1. The third-order valence-corrected chi connectivity index (χ3v) is 8.96. The Bertz CT molecular complexity index is 1880. The van der Waals surface area contributed by atoms with Gasteiger partial charge in [-0.25, -0.2) is 9.78 Å². The van der Waals surface area contributed by atoms with Crippen LogP contribution >= 0.6 is 11.3 Å². The summed E-state index contributed by atoms with van der Waals surface area (Å²) >= 11 is 1.54. The number of carbonyl (C=O) groups is 4. The molecule has 250 valence electrons. The molecule has 48 heavy (non-hydrogen) atoms. The number of fused-ring (bicyclic) bond motifs is 3. The summed E-state index contributed by atoms with van der Waals surface area (Å²) in [6.07, 6.45) is 2.15. The van der Waals surface area contributed by atoms with Crippen LogP contribution in [0.25, 0.3) is 21.6 Å². The fourth-order valence-corrected chi connectivity index (χ4v) is 6.53. The number of nitrogens with one attached hydrogen (secondary N) is 3. The molecule has 2 aromatic heterocycles. The summed E-state index contributed by atoms with van der Waals surface area (Å²) in [4.78, 5) is 59.1. The zero-order valence-electron chi connectivity index (χ0n) is 27.5. The monoisotopic (exact) mass is 669 g/mol. The van der Waals surface area contributed by atoms with Gasteiger partial charge in [-0.05, 0) is 78.2 Å². The lowest BCUT2D eigenvalue weighted by atomic mass is 9.93. The molecule has 0 atom stereocenters. The summed E-state index contributed by atoms with van der Waals surface area (Å²) in [5.41, 5.74) is 10.5. The molecule has 0 radical (unpaired) electrons. The molecular formula is C36H39N5O6S. The van der Waals surface area contributed by atoms with Crippen molar-refractivity contribution in [2.75, 3.05) is 32.1 Å². The van der Waals surface area contributed by atoms with E-state index in [1.807, 2.05) is 31.4 Å². The predicted octanol–water partition coefficient (Wildman–Crippen LogP) is 5.50. The third kappa shape index (κ3) is 7.09. The quantitative estimate of drug-likeness (QED) is 0.152. The Balaban J connectivity index is 1.70. The summed E-state index contributed by atoms with van der Waals surface area (Å²) in [5, 5.41) is 10.6. The van der Waals surface area contributed by atoms with Crippen molar-refractivity contribution in [3.8, 4) is 27.3 Å². The maximum absolute atomic E-state index is 14.5. The van der Waals surface area contributed by atoms with Gasteiger partial charge in [0.2, 0.25) is 0 Å². The Morgan fingerprint density at radius 1 is 0.917 bits per heavy atom. The maximum atomic E-state index is 14.5. The smallest absolute Gasteiger partial charge is 0.357 e. The number of nitrogens with two attached hydrogens (primary N) is 1. The second-order valence-electron chi connectivity index (χ2n) is 11.4. The van der Waals surface area contributed by atoms with E-state index in [1.165, 1.54) is 13.2 Å². The molecule has 0 bridgehead atoms. The third-order valence-electron chi connectivity index (χ3n) is 7.97. The van der Waals surface area contributed by atoms with Gasteiger partial charge in [-0.15, -0.1) is 11.3 Å². The highest BCUT2D eigenvalue weighted by molar-refractivity contribution is 7.13. The average molecular weight is 670 g/mol. The molecule has 0 unspecified atom stereocenters. The van der Waals surface area contributed by atoms with Crippen LogP contribution in [-0.4, -0.2) is 55.5 Å². The number of aryl methyl sites for hydroxylation is 1. The molecule has 1 aliphatic rings. The van der Waals surface area contributed by atoms with Gasteiger partial charge in [0.25, 0.3) is 17.7 Å². The normalized spacial score (nSPS) is 11.8. The Hall–Kier alpha value is -5.07. The van der Waals surface area contributed by atoms with Crippen molar-refractivity contribution >= 4 is 40.7 Å². The van der Waals surface area contributed by atoms with Crippen molar-refractivity contribution in [2.45, 2.75) is 46.6 Å². The number of amides is 3. The number of rotatable bonds is 11. The summed E-state index contributed by atoms with van der Waals surface area (Å²) < 4.78 is 11.3. The lowest BCUT2D eigenvalue weighted by Crippen LogP contribution is -2.27. The highest BCUT2D eigenvalue weighted by atomic mass is 32.1. The first-order valence-corrected chi connectivity index (χ1v) is 16.8. The maximum Gasteiger partial charge on any atom is 0.357 e. The van der Waals surface area contributed by atoms with Gasteiger partial charge in [0.05, 0.1) is 25.0 Å². The number of esters is 1. The van der Waals surface area contributed by atoms with E-state index in [0.717, 1.165) is 34.4 Å². The van der Waals surface area contributed by atoms with Crippen LogP contribution in [0, 0.1) is 6.92 Å². The van der Waals surface area contributed by atoms with Crippen molar-refractivity contribution < 1.29 is 28.7 Å². The van der Waals surface area contributed by atoms with E-state index >= 15 is 0 Å². The standard InChI is InChI=1S/C36H39N5O6S/c1-5-11-38-33(42)27-16-21(19-37)15-20(3)30(27)41-34(43)25-17-26-29(47-13-9-22-10-14-48-32(22)26)18-24(25)23-7-8-28(35(44)39-12-6-2)40-31(23)36(45)46-4/h7-8,10,14-18H,5-6,9,11-13,19,37H2,1-4H3,(H,38,42)(H,39,44)(H,41,43). The van der Waals surface area contributed by atoms with Crippen LogP contribution in [0.4, 0.5) is 5.69 Å². The van der Waals surface area contributed by atoms with Crippen molar-refractivity contribution in [3.63, 3.8) is 0 Å². The number of pyridine rings is 1. The minimum atomic E-state index is -0.777. The van der Waals surface area contributed by atoms with E-state index in [1.54, 1.807) is 42.5 Å². The number of methoxy groups -OCH3 is 1. The molecule has 1 aliphatic heterocycles. The first-order valence-electron chi connectivity index (χ1n) is 15.9. The Morgan fingerprint density at radius 3 is 2.38 bits per heavy atom. The molecule has 0 spiro atoms. The highest BCUT2D eigenvalue weighted by Gasteiger charge is 2.28. The molecule has 4 aromatic rings. The minimum absolute atomic E-state index is 0.0335. The van der Waals surface area contributed by atoms with Gasteiger partial charge in [0, 0.05) is 53.2 Å². The fourth-order valence-electron chi connectivity index (χ4n) is 5.55. The van der Waals surface area contributed by atoms with E-state index in [2.05, 4.69) is 20.9 Å². The topological polar surface area (TPSA) is 162 Å². The van der Waals surface area contributed by atoms with Gasteiger partial charge in [-0.1, -0.05) is 19.9 Å². The van der Waals surface area contributed by atoms with Crippen molar-refractivity contribution in [2.24, 2.45) is 5.73 Å². The molecular weight excluding hydrogens is 630 g/mol. The number of aromatic nitrogens is 1. The average Bonchev–Trinajstić information content (AvgIpc) is 3.50. The molecule has 5 rings (SSSR count). The van der Waals surface area contributed by atoms with E-state index in [4.69, 9.17) is 15.2 Å². The second-order valence-corrected chi connectivity index (χ2v) is 12.3. The molecule has 5 N–H and O–H groups in total. The van der Waals surface area contributed by atoms with Crippen LogP contribution in [0.1, 0.15) is 85.1 Å². The molecule has 2 aromatic carbocycles. The van der Waals surface area contributed by atoms with Gasteiger partial charge in [-0.3, -0.25) is 14.4 Å². The number of anilines is 1. The Labute approximate surface area is 283 Å². The van der Waals surface area contributed by atoms with E-state index in [-0.39, 0.29) is 40.5 Å². The van der Waals surface area contributed by atoms with Crippen LogP contribution in [-0.2, 0) is 17.7 Å². The summed E-state index contributed by atoms with van der Waals surface area (Å²) in [6.45, 7) is 7.23. The molecule has 11 nitrogen and oxygen atoms in total. The molecule has 0 saturated heterocycles. The van der Waals surface area contributed by atoms with Crippen LogP contribution in [0.3, 0.4) is 0 Å². The van der Waals surface area contributed by atoms with Crippen molar-refractivity contribution in [3.05, 3.63) is 87.0 Å². The number of hydrogen-bond acceptors (Lipinski definition) is 9. The fraction of sp³-hybridized carbons (Fsp3) is 0.306. The number of hydrogen-bond donors (Lipinski definition) is 4. The predicted molar refractivity (Wildman–Crippen MR) is 186 cm³/mol. The molecule has 0 fully saturated rings. The molecule has 0 saturated carbocycles. The van der Waals surface area contributed by atoms with Gasteiger partial charge in [0.15, 0.2) is 5.69 Å². The minimum Gasteiger partial charge on any atom is -0.493 e. The lowest BCUT2D eigenvalue weighted by molar-refractivity contribution is 0.0594. The molecule has 12 heteroatoms. The van der Waals surface area contributed by atoms with Gasteiger partial charge in [0.1, 0.15) is 11.4 Å². The molecule has 0 aliphatic carbocycles. The van der Waals surface area contributed by atoms with E-state index < -0.39 is 17.8 Å². The van der Waals surface area contributed by atoms with E-state index in [0.29, 0.717) is 48.7 Å². The van der Waals surface area contributed by atoms with E-state index in [9.17, 15) is 19.2 Å². The highest BCUT2D eigenvalue weighted by Crippen LogP contribution is 2.43. The zero-order valence-corrected chi connectivity index (χ0v) is 28.3. The number of ether oxygens (including phenoxy) is 2. The van der Waals surface area contributed by atoms with Gasteiger partial charge >= 0.3 is 5.97 Å². The summed E-state index contributed by atoms with van der Waals surface area (Å²) in [6, 6.07) is 12.1. The molecule has 3 heterocycles. The molecule has 3 amide bonds. The van der Waals surface area contributed by atoms with Crippen LogP contribution in [0.2, 0.25) is 0 Å². The van der Waals surface area contributed by atoms with Crippen LogP contribution < -0.4 is 26.4 Å². The number of carbonyl (C=O) groups excluding carboxylic acids is 4. The number of nitrogens with zero attached hydrogens (tertiary/aromatic N) is 1. The first kappa shape index (κ1) is 34.3. The number of benzene rings is 2. The Morgan fingerprint density at radius 2 is 1.67 bits per heavy atom. The van der Waals surface area contributed by atoms with Crippen LogP contribution in [0.15, 0.2) is 47.8 Å². The van der Waals surface area contributed by atoms with Gasteiger partial charge < -0.3 is 31.2 Å².